The average Bonchev–Trinajstić information content (AvgIpc) is 1.42. The standard InChI is InChI=1S/C78H152O17P2/c1-9-71(8)57-49-41-32-26-22-23-27-33-42-50-58-75(80)88-64-73(94-77(82)61-53-45-35-29-21-17-13-15-19-25-31-39-47-55-69(4)5)66-92-96(84,85)90-62-72(79)63-91-97(86,87)93-67-74(65-89-76(81)59-51-43-37-36-40-48-56-70(6)7)95-78(83)60-52-44-34-28-20-16-12-10-11-14-18-24-30-38-46-54-68(2)3/h68-74,79H,9-67H2,1-8H3,(H,84,85)(H,86,87)/t71?,72?,73-,74-/m1/s1. The van der Waals surface area contributed by atoms with Crippen LogP contribution in [-0.2, 0) is 65.4 Å². The Kier molecular flexibility index (Phi) is 65.9. The molecule has 19 heteroatoms. The first-order valence-corrected chi connectivity index (χ1v) is 43.2. The summed E-state index contributed by atoms with van der Waals surface area (Å²) in [4.78, 5) is 72.9. The van der Waals surface area contributed by atoms with Gasteiger partial charge in [0.15, 0.2) is 12.2 Å². The Hall–Kier alpha value is -1.94. The number of rotatable bonds is 75. The molecule has 0 heterocycles. The Morgan fingerprint density at radius 1 is 0.289 bits per heavy atom. The van der Waals surface area contributed by atoms with E-state index in [1.807, 2.05) is 0 Å². The zero-order chi connectivity index (χ0) is 71.7. The lowest BCUT2D eigenvalue weighted by Gasteiger charge is -2.21. The van der Waals surface area contributed by atoms with Crippen LogP contribution in [0.3, 0.4) is 0 Å². The van der Waals surface area contributed by atoms with Gasteiger partial charge in [0.2, 0.25) is 0 Å². The van der Waals surface area contributed by atoms with Crippen molar-refractivity contribution < 1.29 is 80.2 Å². The normalized spacial score (nSPS) is 14.4. The third-order valence-electron chi connectivity index (χ3n) is 18.4. The quantitative estimate of drug-likeness (QED) is 0.0222. The largest absolute Gasteiger partial charge is 0.472 e. The van der Waals surface area contributed by atoms with Gasteiger partial charge in [-0.2, -0.15) is 0 Å². The molecule has 0 aromatic heterocycles. The van der Waals surface area contributed by atoms with Crippen molar-refractivity contribution in [3.05, 3.63) is 0 Å². The average molecular weight is 1420 g/mol. The molecule has 0 aromatic rings. The van der Waals surface area contributed by atoms with Crippen LogP contribution < -0.4 is 0 Å². The van der Waals surface area contributed by atoms with E-state index < -0.39 is 97.5 Å². The fourth-order valence-corrected chi connectivity index (χ4v) is 13.5. The van der Waals surface area contributed by atoms with E-state index >= 15 is 0 Å². The summed E-state index contributed by atoms with van der Waals surface area (Å²) in [7, 11) is -9.92. The number of unbranched alkanes of at least 4 members (excludes halogenated alkanes) is 40. The highest BCUT2D eigenvalue weighted by molar-refractivity contribution is 7.47. The summed E-state index contributed by atoms with van der Waals surface area (Å²) in [5, 5.41) is 10.6. The minimum absolute atomic E-state index is 0.106. The van der Waals surface area contributed by atoms with Crippen LogP contribution in [0.15, 0.2) is 0 Å². The monoisotopic (exact) mass is 1420 g/mol. The molecule has 0 rings (SSSR count). The van der Waals surface area contributed by atoms with Crippen molar-refractivity contribution in [3.8, 4) is 0 Å². The Morgan fingerprint density at radius 2 is 0.495 bits per heavy atom. The molecule has 0 aliphatic rings. The van der Waals surface area contributed by atoms with Crippen molar-refractivity contribution in [2.24, 2.45) is 23.7 Å². The number of carbonyl (C=O) groups excluding carboxylic acids is 4. The molecule has 0 bridgehead atoms. The van der Waals surface area contributed by atoms with Crippen LogP contribution in [0, 0.1) is 23.7 Å². The van der Waals surface area contributed by atoms with Crippen LogP contribution in [0.1, 0.15) is 396 Å². The van der Waals surface area contributed by atoms with Gasteiger partial charge in [0, 0.05) is 25.7 Å². The van der Waals surface area contributed by atoms with Gasteiger partial charge in [-0.1, -0.05) is 344 Å². The minimum atomic E-state index is -4.96. The maximum atomic E-state index is 13.1. The summed E-state index contributed by atoms with van der Waals surface area (Å²) in [5.74, 6) is 0.959. The van der Waals surface area contributed by atoms with Gasteiger partial charge >= 0.3 is 39.5 Å². The van der Waals surface area contributed by atoms with Crippen LogP contribution in [0.5, 0.6) is 0 Å². The number of esters is 4. The molecule has 0 saturated carbocycles. The molecule has 0 aromatic carbocycles. The topological polar surface area (TPSA) is 237 Å². The molecule has 3 N–H and O–H groups in total. The molecule has 6 atom stereocenters. The summed E-state index contributed by atoms with van der Waals surface area (Å²) in [5.41, 5.74) is 0. The second-order valence-electron chi connectivity index (χ2n) is 29.8. The molecule has 0 fully saturated rings. The fourth-order valence-electron chi connectivity index (χ4n) is 11.9. The van der Waals surface area contributed by atoms with Gasteiger partial charge in [0.05, 0.1) is 26.4 Å². The van der Waals surface area contributed by atoms with E-state index in [1.54, 1.807) is 0 Å². The van der Waals surface area contributed by atoms with Gasteiger partial charge in [-0.3, -0.25) is 37.3 Å². The number of aliphatic hydroxyl groups excluding tert-OH is 1. The Morgan fingerprint density at radius 3 is 0.732 bits per heavy atom. The van der Waals surface area contributed by atoms with E-state index in [1.165, 1.54) is 193 Å². The Labute approximate surface area is 594 Å². The van der Waals surface area contributed by atoms with Crippen LogP contribution in [0.2, 0.25) is 0 Å². The second-order valence-corrected chi connectivity index (χ2v) is 32.7. The predicted molar refractivity (Wildman–Crippen MR) is 395 cm³/mol. The van der Waals surface area contributed by atoms with E-state index in [4.69, 9.17) is 37.0 Å². The number of phosphoric ester groups is 2. The summed E-state index contributed by atoms with van der Waals surface area (Å²) in [6, 6.07) is 0. The molecule has 576 valence electrons. The SMILES string of the molecule is CCC(C)CCCCCCCCCCCCC(=O)OC[C@H](COP(=O)(O)OCC(O)COP(=O)(O)OC[C@@H](COC(=O)CCCCCCCCC(C)C)OC(=O)CCCCCCCCCCCCCCCCCC(C)C)OC(=O)CCCCCCCCCCCCCCCC(C)C. The van der Waals surface area contributed by atoms with Gasteiger partial charge in [0.1, 0.15) is 19.3 Å². The summed E-state index contributed by atoms with van der Waals surface area (Å²) < 4.78 is 68.6. The first-order chi connectivity index (χ1) is 46.6. The van der Waals surface area contributed by atoms with Crippen molar-refractivity contribution in [3.63, 3.8) is 0 Å². The molecule has 17 nitrogen and oxygen atoms in total. The molecule has 0 aliphatic heterocycles. The van der Waals surface area contributed by atoms with Crippen molar-refractivity contribution in [2.75, 3.05) is 39.6 Å². The first kappa shape index (κ1) is 95.1. The van der Waals surface area contributed by atoms with Crippen molar-refractivity contribution in [1.29, 1.82) is 0 Å². The highest BCUT2D eigenvalue weighted by Crippen LogP contribution is 2.45. The van der Waals surface area contributed by atoms with E-state index in [0.717, 1.165) is 114 Å². The summed E-state index contributed by atoms with van der Waals surface area (Å²) in [6.45, 7) is 14.2. The number of hydrogen-bond donors (Lipinski definition) is 3. The molecule has 0 aliphatic carbocycles. The van der Waals surface area contributed by atoms with Gasteiger partial charge < -0.3 is 33.8 Å². The maximum Gasteiger partial charge on any atom is 0.472 e. The van der Waals surface area contributed by atoms with E-state index in [9.17, 15) is 43.2 Å². The summed E-state index contributed by atoms with van der Waals surface area (Å²) in [6.07, 6.45) is 52.8. The zero-order valence-electron chi connectivity index (χ0n) is 63.7. The Bertz CT molecular complexity index is 1900. The molecular weight excluding hydrogens is 1270 g/mol. The molecular formula is C78H152O17P2. The summed E-state index contributed by atoms with van der Waals surface area (Å²) >= 11 is 0. The minimum Gasteiger partial charge on any atom is -0.462 e. The van der Waals surface area contributed by atoms with E-state index in [-0.39, 0.29) is 25.7 Å². The highest BCUT2D eigenvalue weighted by atomic mass is 31.2. The van der Waals surface area contributed by atoms with Crippen LogP contribution in [0.25, 0.3) is 0 Å². The van der Waals surface area contributed by atoms with Gasteiger partial charge in [0.25, 0.3) is 0 Å². The van der Waals surface area contributed by atoms with Gasteiger partial charge in [-0.25, -0.2) is 9.13 Å². The van der Waals surface area contributed by atoms with Crippen molar-refractivity contribution in [1.82, 2.24) is 0 Å². The van der Waals surface area contributed by atoms with Crippen LogP contribution in [-0.4, -0.2) is 96.7 Å². The van der Waals surface area contributed by atoms with Crippen LogP contribution >= 0.6 is 15.6 Å². The molecule has 0 radical (unpaired) electrons. The van der Waals surface area contributed by atoms with Crippen molar-refractivity contribution in [2.45, 2.75) is 414 Å². The Balaban J connectivity index is 5.23. The molecule has 0 amide bonds. The second kappa shape index (κ2) is 67.2. The third-order valence-corrected chi connectivity index (χ3v) is 20.3. The fraction of sp³-hybridized carbons (Fsp3) is 0.949. The van der Waals surface area contributed by atoms with Crippen LogP contribution in [0.4, 0.5) is 0 Å². The lowest BCUT2D eigenvalue weighted by Crippen LogP contribution is -2.30. The lowest BCUT2D eigenvalue weighted by atomic mass is 9.99. The zero-order valence-corrected chi connectivity index (χ0v) is 65.5. The lowest BCUT2D eigenvalue weighted by molar-refractivity contribution is -0.161. The molecule has 0 saturated heterocycles. The molecule has 4 unspecified atom stereocenters. The van der Waals surface area contributed by atoms with E-state index in [2.05, 4.69) is 55.4 Å². The molecule has 0 spiro atoms. The molecule has 97 heavy (non-hydrogen) atoms. The predicted octanol–water partition coefficient (Wildman–Crippen LogP) is 22.8. The highest BCUT2D eigenvalue weighted by Gasteiger charge is 2.30. The number of carbonyl (C=O) groups is 4. The van der Waals surface area contributed by atoms with Gasteiger partial charge in [-0.05, 0) is 49.4 Å². The smallest absolute Gasteiger partial charge is 0.462 e. The van der Waals surface area contributed by atoms with E-state index in [0.29, 0.717) is 31.6 Å². The number of ether oxygens (including phenoxy) is 4. The maximum absolute atomic E-state index is 13.1. The van der Waals surface area contributed by atoms with Gasteiger partial charge in [-0.15, -0.1) is 0 Å². The number of hydrogen-bond acceptors (Lipinski definition) is 15. The number of phosphoric acid groups is 2. The number of aliphatic hydroxyl groups is 1. The third kappa shape index (κ3) is 70.9. The van der Waals surface area contributed by atoms with Crippen molar-refractivity contribution >= 4 is 39.5 Å². The first-order valence-electron chi connectivity index (χ1n) is 40.2.